The first-order valence-corrected chi connectivity index (χ1v) is 4.17. The van der Waals surface area contributed by atoms with Crippen molar-refractivity contribution in [2.75, 3.05) is 5.33 Å². The minimum Gasteiger partial charge on any atom is -0.564 e. The monoisotopic (exact) mass is 245 g/mol. The first-order valence-electron chi connectivity index (χ1n) is 2.14. The van der Waals surface area contributed by atoms with Crippen LogP contribution in [0.4, 0.5) is 0 Å². The molecule has 1 atom stereocenters. The molecular weight excluding hydrogens is 240 g/mol. The average molecular weight is 247 g/mol. The third kappa shape index (κ3) is 3.43. The maximum Gasteiger partial charge on any atom is 0.529 e. The van der Waals surface area contributed by atoms with Gasteiger partial charge in [0.1, 0.15) is 0 Å². The average Bonchev–Trinajstić information content (AvgIpc) is 1.67. The van der Waals surface area contributed by atoms with Crippen LogP contribution in [0.5, 0.6) is 0 Å². The molecule has 1 unspecified atom stereocenters. The molecule has 4 heteroatoms. The minimum atomic E-state index is -0.551. The second-order valence-electron chi connectivity index (χ2n) is 1.31. The molecule has 0 bridgehead atoms. The lowest BCUT2D eigenvalue weighted by molar-refractivity contribution is -0.136. The number of halogens is 2. The maximum atomic E-state index is 10.1. The smallest absolute Gasteiger partial charge is 0.529 e. The molecule has 0 aromatic heterocycles. The molecule has 2 N–H and O–H groups in total. The Kier molecular flexibility index (Phi) is 4.56. The molecule has 0 rings (SSSR count). The van der Waals surface area contributed by atoms with Crippen molar-refractivity contribution in [3.63, 3.8) is 0 Å². The number of alkyl halides is 2. The van der Waals surface area contributed by atoms with Crippen molar-refractivity contribution < 1.29 is 9.90 Å². The van der Waals surface area contributed by atoms with E-state index in [0.29, 0.717) is 6.42 Å². The van der Waals surface area contributed by atoms with Gasteiger partial charge in [-0.25, -0.2) is 0 Å². The molecular formula is C4H7Br2O2+. The highest BCUT2D eigenvalue weighted by Crippen LogP contribution is 2.05. The number of rotatable bonds is 3. The van der Waals surface area contributed by atoms with Crippen LogP contribution in [0, 0.1) is 0 Å². The topological polar surface area (TPSA) is 40.0 Å². The van der Waals surface area contributed by atoms with Crippen molar-refractivity contribution in [2.45, 2.75) is 11.2 Å². The van der Waals surface area contributed by atoms with E-state index in [1.807, 2.05) is 0 Å². The molecule has 0 heterocycles. The first-order chi connectivity index (χ1) is 3.68. The number of carbonyl (C=O) groups is 1. The second-order valence-corrected chi connectivity index (χ2v) is 3.21. The number of hydrogen-bond donors (Lipinski definition) is 0. The van der Waals surface area contributed by atoms with Gasteiger partial charge in [-0.05, 0) is 6.42 Å². The third-order valence-electron chi connectivity index (χ3n) is 0.647. The largest absolute Gasteiger partial charge is 0.564 e. The van der Waals surface area contributed by atoms with Crippen LogP contribution in [0.1, 0.15) is 6.42 Å². The van der Waals surface area contributed by atoms with Crippen LogP contribution in [0.2, 0.25) is 0 Å². The highest BCUT2D eigenvalue weighted by Gasteiger charge is 2.18. The molecule has 0 radical (unpaired) electrons. The molecule has 0 spiro atoms. The Morgan fingerprint density at radius 2 is 2.25 bits per heavy atom. The lowest BCUT2D eigenvalue weighted by Crippen LogP contribution is -2.12. The van der Waals surface area contributed by atoms with Crippen molar-refractivity contribution >= 4 is 37.8 Å². The van der Waals surface area contributed by atoms with Crippen LogP contribution in [-0.2, 0) is 4.79 Å². The van der Waals surface area contributed by atoms with Gasteiger partial charge in [0.05, 0.1) is 0 Å². The zero-order chi connectivity index (χ0) is 6.57. The molecule has 8 heavy (non-hydrogen) atoms. The molecule has 2 nitrogen and oxygen atoms in total. The van der Waals surface area contributed by atoms with E-state index in [1.165, 1.54) is 0 Å². The van der Waals surface area contributed by atoms with Gasteiger partial charge in [-0.15, -0.1) is 0 Å². The molecule has 0 aliphatic carbocycles. The standard InChI is InChI=1S/C4H6Br2O2/c5-2-1-3(6)4(7)8/h3H,1-2H2,(H,7,8)/p+1. The Balaban J connectivity index is 3.32. The third-order valence-corrected chi connectivity index (χ3v) is 1.98. The summed E-state index contributed by atoms with van der Waals surface area (Å²) in [5.41, 5.74) is 0. The van der Waals surface area contributed by atoms with E-state index in [9.17, 15) is 4.79 Å². The van der Waals surface area contributed by atoms with Crippen LogP contribution >= 0.6 is 31.9 Å². The fourth-order valence-corrected chi connectivity index (χ4v) is 1.53. The summed E-state index contributed by atoms with van der Waals surface area (Å²) in [7, 11) is 0. The normalized spacial score (nSPS) is 13.2. The molecule has 0 aliphatic rings. The van der Waals surface area contributed by atoms with E-state index in [1.54, 1.807) is 0 Å². The van der Waals surface area contributed by atoms with Gasteiger partial charge in [0, 0.05) is 10.1 Å². The molecule has 0 aromatic rings. The van der Waals surface area contributed by atoms with E-state index in [-0.39, 0.29) is 4.83 Å². The Morgan fingerprint density at radius 3 is 2.38 bits per heavy atom. The molecule has 0 saturated carbocycles. The van der Waals surface area contributed by atoms with E-state index < -0.39 is 5.97 Å². The summed E-state index contributed by atoms with van der Waals surface area (Å²) in [4.78, 5) is 9.84. The van der Waals surface area contributed by atoms with Gasteiger partial charge >= 0.3 is 5.97 Å². The molecule has 0 aromatic carbocycles. The Morgan fingerprint density at radius 1 is 1.75 bits per heavy atom. The van der Waals surface area contributed by atoms with E-state index >= 15 is 0 Å². The van der Waals surface area contributed by atoms with Crippen molar-refractivity contribution in [1.29, 1.82) is 0 Å². The van der Waals surface area contributed by atoms with Gasteiger partial charge < -0.3 is 5.11 Å². The summed E-state index contributed by atoms with van der Waals surface area (Å²) in [5, 5.41) is 7.34. The zero-order valence-electron chi connectivity index (χ0n) is 4.16. The van der Waals surface area contributed by atoms with Crippen LogP contribution in [0.15, 0.2) is 0 Å². The maximum absolute atomic E-state index is 10.1. The van der Waals surface area contributed by atoms with Crippen molar-refractivity contribution in [3.05, 3.63) is 0 Å². The SMILES string of the molecule is O=C([OH2+])C(Br)CCBr. The summed E-state index contributed by atoms with van der Waals surface area (Å²) >= 11 is 6.19. The molecule has 0 fully saturated rings. The van der Waals surface area contributed by atoms with Crippen LogP contribution < -0.4 is 0 Å². The number of carbonyl (C=O) groups excluding carboxylic acids is 1. The summed E-state index contributed by atoms with van der Waals surface area (Å²) in [6.45, 7) is 0. The van der Waals surface area contributed by atoms with Crippen molar-refractivity contribution in [3.8, 4) is 0 Å². The highest BCUT2D eigenvalue weighted by molar-refractivity contribution is 9.10. The van der Waals surface area contributed by atoms with Gasteiger partial charge in [0.2, 0.25) is 0 Å². The Bertz CT molecular complexity index is 84.1. The van der Waals surface area contributed by atoms with Crippen molar-refractivity contribution in [2.24, 2.45) is 0 Å². The van der Waals surface area contributed by atoms with Gasteiger partial charge in [-0.3, -0.25) is 0 Å². The van der Waals surface area contributed by atoms with Crippen molar-refractivity contribution in [1.82, 2.24) is 0 Å². The van der Waals surface area contributed by atoms with E-state index in [4.69, 9.17) is 5.11 Å². The van der Waals surface area contributed by atoms with E-state index in [2.05, 4.69) is 31.9 Å². The van der Waals surface area contributed by atoms with Crippen LogP contribution in [-0.4, -0.2) is 21.2 Å². The summed E-state index contributed by atoms with van der Waals surface area (Å²) in [6, 6.07) is 0. The zero-order valence-corrected chi connectivity index (χ0v) is 7.33. The summed E-state index contributed by atoms with van der Waals surface area (Å²) in [5.74, 6) is -0.551. The summed E-state index contributed by atoms with van der Waals surface area (Å²) < 4.78 is 0. The fraction of sp³-hybridized carbons (Fsp3) is 0.750. The lowest BCUT2D eigenvalue weighted by Gasteiger charge is -1.91. The van der Waals surface area contributed by atoms with Gasteiger partial charge in [0.15, 0.2) is 4.83 Å². The predicted molar refractivity (Wildman–Crippen MR) is 39.7 cm³/mol. The quantitative estimate of drug-likeness (QED) is 0.536. The Hall–Kier alpha value is 0.430. The number of hydrogen-bond acceptors (Lipinski definition) is 1. The van der Waals surface area contributed by atoms with Crippen LogP contribution in [0.25, 0.3) is 0 Å². The van der Waals surface area contributed by atoms with Crippen LogP contribution in [0.3, 0.4) is 0 Å². The lowest BCUT2D eigenvalue weighted by atomic mass is 10.3. The van der Waals surface area contributed by atoms with Gasteiger partial charge in [0.25, 0.3) is 0 Å². The molecule has 48 valence electrons. The predicted octanol–water partition coefficient (Wildman–Crippen LogP) is 0.786. The molecule has 0 amide bonds. The minimum absolute atomic E-state index is 0.290. The summed E-state index contributed by atoms with van der Waals surface area (Å²) in [6.07, 6.45) is 0.683. The molecule has 0 aliphatic heterocycles. The first kappa shape index (κ1) is 8.43. The van der Waals surface area contributed by atoms with Gasteiger partial charge in [-0.2, -0.15) is 0 Å². The van der Waals surface area contributed by atoms with E-state index in [0.717, 1.165) is 5.33 Å². The van der Waals surface area contributed by atoms with Gasteiger partial charge in [-0.1, -0.05) is 31.9 Å². The highest BCUT2D eigenvalue weighted by atomic mass is 79.9. The second kappa shape index (κ2) is 4.32. The fourth-order valence-electron chi connectivity index (χ4n) is 0.227. The molecule has 0 saturated heterocycles. The Labute approximate surface area is 64.5 Å².